The van der Waals surface area contributed by atoms with Gasteiger partial charge < -0.3 is 15.8 Å². The van der Waals surface area contributed by atoms with Crippen LogP contribution in [0.3, 0.4) is 0 Å². The summed E-state index contributed by atoms with van der Waals surface area (Å²) in [5.74, 6) is 0.901. The number of fused-ring (bicyclic) bond motifs is 2. The standard InChI is InChI=1S/C32H36FN3O/c33-15-2-17-36-18-14-28(21-36)37-27-9-5-22(6-10-27)32-29(24-7-12-31-25(19-24)13-16-35-31)4-1-3-23-20-26(34)8-11-30(23)32/h5-12,19-20,28,35H,1-4,13-18,21,34H2. The van der Waals surface area contributed by atoms with Gasteiger partial charge in [-0.1, -0.05) is 24.3 Å². The Hall–Kier alpha value is -3.31. The largest absolute Gasteiger partial charge is 0.489 e. The molecule has 3 aromatic carbocycles. The van der Waals surface area contributed by atoms with Crippen molar-refractivity contribution in [2.75, 3.05) is 43.9 Å². The SMILES string of the molecule is Nc1ccc2c(c1)CCCC(c1ccc3c(c1)CCN3)=C2c1ccc(OC2CCN(CCCF)C2)cc1. The number of anilines is 2. The van der Waals surface area contributed by atoms with E-state index in [-0.39, 0.29) is 12.8 Å². The summed E-state index contributed by atoms with van der Waals surface area (Å²) in [4.78, 5) is 2.30. The highest BCUT2D eigenvalue weighted by atomic mass is 19.1. The van der Waals surface area contributed by atoms with Crippen molar-refractivity contribution in [2.24, 2.45) is 0 Å². The molecule has 0 bridgehead atoms. The lowest BCUT2D eigenvalue weighted by Crippen LogP contribution is -2.26. The number of nitrogens with one attached hydrogen (secondary N) is 1. The van der Waals surface area contributed by atoms with Gasteiger partial charge >= 0.3 is 0 Å². The second kappa shape index (κ2) is 10.6. The minimum absolute atomic E-state index is 0.168. The summed E-state index contributed by atoms with van der Waals surface area (Å²) >= 11 is 0. The predicted octanol–water partition coefficient (Wildman–Crippen LogP) is 6.34. The summed E-state index contributed by atoms with van der Waals surface area (Å²) in [6.07, 6.45) is 6.01. The molecule has 0 saturated carbocycles. The Balaban J connectivity index is 1.33. The molecule has 6 rings (SSSR count). The summed E-state index contributed by atoms with van der Waals surface area (Å²) in [7, 11) is 0. The van der Waals surface area contributed by atoms with Gasteiger partial charge in [-0.25, -0.2) is 0 Å². The highest BCUT2D eigenvalue weighted by Crippen LogP contribution is 2.41. The molecule has 1 aliphatic carbocycles. The Morgan fingerprint density at radius 2 is 1.81 bits per heavy atom. The lowest BCUT2D eigenvalue weighted by atomic mass is 9.87. The van der Waals surface area contributed by atoms with Crippen LogP contribution in [0.25, 0.3) is 11.1 Å². The van der Waals surface area contributed by atoms with E-state index < -0.39 is 0 Å². The van der Waals surface area contributed by atoms with Gasteiger partial charge in [0.15, 0.2) is 0 Å². The Morgan fingerprint density at radius 1 is 0.946 bits per heavy atom. The van der Waals surface area contributed by atoms with Crippen LogP contribution < -0.4 is 15.8 Å². The number of hydrogen-bond acceptors (Lipinski definition) is 4. The fourth-order valence-electron chi connectivity index (χ4n) is 6.19. The van der Waals surface area contributed by atoms with Gasteiger partial charge in [-0.15, -0.1) is 0 Å². The second-order valence-electron chi connectivity index (χ2n) is 10.6. The van der Waals surface area contributed by atoms with E-state index in [4.69, 9.17) is 10.5 Å². The van der Waals surface area contributed by atoms with Gasteiger partial charge in [0.2, 0.25) is 0 Å². The molecule has 3 aliphatic rings. The first-order valence-corrected chi connectivity index (χ1v) is 13.7. The molecule has 1 fully saturated rings. The molecule has 1 unspecified atom stereocenters. The molecular formula is C32H36FN3O. The van der Waals surface area contributed by atoms with Crippen LogP contribution in [0, 0.1) is 0 Å². The summed E-state index contributed by atoms with van der Waals surface area (Å²) < 4.78 is 18.9. The maximum Gasteiger partial charge on any atom is 0.119 e. The van der Waals surface area contributed by atoms with Crippen molar-refractivity contribution in [1.82, 2.24) is 4.90 Å². The molecule has 0 radical (unpaired) electrons. The topological polar surface area (TPSA) is 50.5 Å². The van der Waals surface area contributed by atoms with Crippen LogP contribution in [0.2, 0.25) is 0 Å². The third kappa shape index (κ3) is 5.10. The van der Waals surface area contributed by atoms with E-state index in [2.05, 4.69) is 64.8 Å². The second-order valence-corrected chi connectivity index (χ2v) is 10.6. The normalized spacial score (nSPS) is 19.3. The molecule has 192 valence electrons. The van der Waals surface area contributed by atoms with E-state index in [1.165, 1.54) is 44.7 Å². The Bertz CT molecular complexity index is 1300. The summed E-state index contributed by atoms with van der Waals surface area (Å²) in [6, 6.07) is 21.9. The van der Waals surface area contributed by atoms with Crippen molar-refractivity contribution in [3.8, 4) is 5.75 Å². The maximum absolute atomic E-state index is 12.5. The fourth-order valence-corrected chi connectivity index (χ4v) is 6.19. The minimum atomic E-state index is -0.251. The van der Waals surface area contributed by atoms with E-state index >= 15 is 0 Å². The van der Waals surface area contributed by atoms with Crippen LogP contribution >= 0.6 is 0 Å². The molecule has 3 aromatic rings. The van der Waals surface area contributed by atoms with Crippen molar-refractivity contribution in [2.45, 2.75) is 44.6 Å². The number of nitrogen functional groups attached to an aromatic ring is 1. The summed E-state index contributed by atoms with van der Waals surface area (Å²) in [5.41, 5.74) is 17.6. The first kappa shape index (κ1) is 24.1. The van der Waals surface area contributed by atoms with E-state index in [1.807, 2.05) is 6.07 Å². The molecule has 1 saturated heterocycles. The minimum Gasteiger partial charge on any atom is -0.489 e. The monoisotopic (exact) mass is 497 g/mol. The molecule has 1 atom stereocenters. The molecular weight excluding hydrogens is 461 g/mol. The number of aryl methyl sites for hydroxylation is 1. The first-order valence-electron chi connectivity index (χ1n) is 13.7. The summed E-state index contributed by atoms with van der Waals surface area (Å²) in [5, 5.41) is 3.49. The van der Waals surface area contributed by atoms with Gasteiger partial charge in [0.25, 0.3) is 0 Å². The van der Waals surface area contributed by atoms with E-state index in [9.17, 15) is 4.39 Å². The Labute approximate surface area is 219 Å². The number of rotatable bonds is 7. The molecule has 0 spiro atoms. The Kier molecular flexibility index (Phi) is 6.88. The van der Waals surface area contributed by atoms with Gasteiger partial charge in [-0.3, -0.25) is 9.29 Å². The number of nitrogens with two attached hydrogens (primary N) is 1. The average Bonchev–Trinajstić information content (AvgIpc) is 3.53. The van der Waals surface area contributed by atoms with E-state index in [0.29, 0.717) is 6.42 Å². The van der Waals surface area contributed by atoms with Gasteiger partial charge in [-0.2, -0.15) is 0 Å². The number of alkyl halides is 1. The third-order valence-corrected chi connectivity index (χ3v) is 8.02. The molecule has 5 heteroatoms. The highest BCUT2D eigenvalue weighted by molar-refractivity contribution is 6.00. The van der Waals surface area contributed by atoms with Crippen molar-refractivity contribution in [3.63, 3.8) is 0 Å². The number of ether oxygens (including phenoxy) is 1. The van der Waals surface area contributed by atoms with E-state index in [0.717, 1.165) is 69.7 Å². The van der Waals surface area contributed by atoms with Crippen molar-refractivity contribution in [1.29, 1.82) is 0 Å². The average molecular weight is 498 g/mol. The predicted molar refractivity (Wildman–Crippen MR) is 151 cm³/mol. The zero-order valence-corrected chi connectivity index (χ0v) is 21.4. The maximum atomic E-state index is 12.5. The van der Waals surface area contributed by atoms with Gasteiger partial charge in [-0.05, 0) is 114 Å². The zero-order valence-electron chi connectivity index (χ0n) is 21.4. The molecule has 0 amide bonds. The van der Waals surface area contributed by atoms with E-state index in [1.54, 1.807) is 0 Å². The van der Waals surface area contributed by atoms with Gasteiger partial charge in [0, 0.05) is 37.6 Å². The lowest BCUT2D eigenvalue weighted by Gasteiger charge is -2.19. The molecule has 2 aliphatic heterocycles. The molecule has 0 aromatic heterocycles. The van der Waals surface area contributed by atoms with Crippen molar-refractivity contribution >= 4 is 22.5 Å². The molecule has 4 nitrogen and oxygen atoms in total. The molecule has 3 N–H and O–H groups in total. The van der Waals surface area contributed by atoms with Crippen LogP contribution in [-0.4, -0.2) is 43.9 Å². The third-order valence-electron chi connectivity index (χ3n) is 8.02. The van der Waals surface area contributed by atoms with Crippen LogP contribution in [-0.2, 0) is 12.8 Å². The number of allylic oxidation sites excluding steroid dienone is 1. The number of likely N-dealkylation sites (tertiary alicyclic amines) is 1. The van der Waals surface area contributed by atoms with Crippen molar-refractivity contribution < 1.29 is 9.13 Å². The van der Waals surface area contributed by atoms with Gasteiger partial charge in [0.05, 0.1) is 6.67 Å². The number of nitrogens with zero attached hydrogens (tertiary/aromatic N) is 1. The van der Waals surface area contributed by atoms with Crippen LogP contribution in [0.5, 0.6) is 5.75 Å². The van der Waals surface area contributed by atoms with Gasteiger partial charge in [0.1, 0.15) is 11.9 Å². The summed E-state index contributed by atoms with van der Waals surface area (Å²) in [6.45, 7) is 3.44. The molecule has 2 heterocycles. The lowest BCUT2D eigenvalue weighted by molar-refractivity contribution is 0.198. The van der Waals surface area contributed by atoms with Crippen LogP contribution in [0.1, 0.15) is 53.5 Å². The fraction of sp³-hybridized carbons (Fsp3) is 0.375. The Morgan fingerprint density at radius 3 is 2.68 bits per heavy atom. The number of hydrogen-bond donors (Lipinski definition) is 2. The zero-order chi connectivity index (χ0) is 25.2. The quantitative estimate of drug-likeness (QED) is 0.374. The van der Waals surface area contributed by atoms with Crippen LogP contribution in [0.15, 0.2) is 60.7 Å². The van der Waals surface area contributed by atoms with Crippen LogP contribution in [0.4, 0.5) is 15.8 Å². The number of halogens is 1. The smallest absolute Gasteiger partial charge is 0.119 e. The molecule has 37 heavy (non-hydrogen) atoms. The van der Waals surface area contributed by atoms with Crippen molar-refractivity contribution in [3.05, 3.63) is 88.5 Å². The first-order chi connectivity index (χ1) is 18.2. The number of benzene rings is 3. The highest BCUT2D eigenvalue weighted by Gasteiger charge is 2.24.